The lowest BCUT2D eigenvalue weighted by Gasteiger charge is -2.20. The summed E-state index contributed by atoms with van der Waals surface area (Å²) in [5, 5.41) is 16.6. The first-order chi connectivity index (χ1) is 18.4. The van der Waals surface area contributed by atoms with E-state index >= 15 is 0 Å². The predicted octanol–water partition coefficient (Wildman–Crippen LogP) is 3.07. The third kappa shape index (κ3) is 5.14. The Morgan fingerprint density at radius 3 is 2.37 bits per heavy atom. The van der Waals surface area contributed by atoms with Crippen LogP contribution in [0.2, 0.25) is 0 Å². The Balaban J connectivity index is 1.36. The van der Waals surface area contributed by atoms with Crippen LogP contribution in [0.5, 0.6) is 0 Å². The third-order valence-corrected chi connectivity index (χ3v) is 6.98. The highest BCUT2D eigenvalue weighted by Crippen LogP contribution is 2.33. The summed E-state index contributed by atoms with van der Waals surface area (Å²) < 4.78 is 1.35. The smallest absolute Gasteiger partial charge is 0.294 e. The highest BCUT2D eigenvalue weighted by Gasteiger charge is 2.36. The number of rotatable bonds is 8. The van der Waals surface area contributed by atoms with Crippen molar-refractivity contribution in [3.63, 3.8) is 0 Å². The van der Waals surface area contributed by atoms with Gasteiger partial charge in [0.2, 0.25) is 5.91 Å². The van der Waals surface area contributed by atoms with Crippen molar-refractivity contribution in [3.05, 3.63) is 117 Å². The summed E-state index contributed by atoms with van der Waals surface area (Å²) in [5.41, 5.74) is 9.35. The Hall–Kier alpha value is -4.50. The lowest BCUT2D eigenvalue weighted by molar-refractivity contribution is -0.124. The minimum Gasteiger partial charge on any atom is -0.387 e. The van der Waals surface area contributed by atoms with E-state index in [0.29, 0.717) is 18.1 Å². The summed E-state index contributed by atoms with van der Waals surface area (Å²) >= 11 is 0. The van der Waals surface area contributed by atoms with Crippen LogP contribution in [0, 0.1) is 6.92 Å². The Kier molecular flexibility index (Phi) is 7.19. The summed E-state index contributed by atoms with van der Waals surface area (Å²) in [5.74, 6) is 0.172. The number of nitrogen functional groups attached to an aromatic ring is 1. The lowest BCUT2D eigenvalue weighted by atomic mass is 9.91. The molecule has 0 saturated heterocycles. The number of aliphatic hydroxyl groups is 1. The highest BCUT2D eigenvalue weighted by atomic mass is 16.3. The summed E-state index contributed by atoms with van der Waals surface area (Å²) in [7, 11) is 0. The number of benzene rings is 2. The van der Waals surface area contributed by atoms with E-state index in [1.807, 2.05) is 49.4 Å². The van der Waals surface area contributed by atoms with Gasteiger partial charge in [-0.2, -0.15) is 0 Å². The molecule has 2 aromatic heterocycles. The van der Waals surface area contributed by atoms with Crippen LogP contribution in [-0.4, -0.2) is 32.1 Å². The first-order valence-corrected chi connectivity index (χ1v) is 12.6. The SMILES string of the molecule is Cc1nc(N)ccc1CNC(=O)[C@@H]1C[C@@H](O)c2cnc(NCC(c3ccccc3)c3ccccc3)c(=O)n21. The fraction of sp³-hybridized carbons (Fsp3) is 0.241. The van der Waals surface area contributed by atoms with Crippen molar-refractivity contribution in [1.29, 1.82) is 0 Å². The molecule has 0 bridgehead atoms. The van der Waals surface area contributed by atoms with Crippen molar-refractivity contribution in [2.24, 2.45) is 0 Å². The zero-order valence-electron chi connectivity index (χ0n) is 21.0. The molecule has 1 amide bonds. The van der Waals surface area contributed by atoms with Gasteiger partial charge in [-0.25, -0.2) is 9.97 Å². The van der Waals surface area contributed by atoms with Crippen LogP contribution in [0.1, 0.15) is 52.6 Å². The summed E-state index contributed by atoms with van der Waals surface area (Å²) in [4.78, 5) is 35.2. The number of aliphatic hydroxyl groups excluding tert-OH is 1. The number of hydrogen-bond donors (Lipinski definition) is 4. The van der Waals surface area contributed by atoms with E-state index < -0.39 is 17.7 Å². The van der Waals surface area contributed by atoms with Gasteiger partial charge in [0.05, 0.1) is 18.0 Å². The predicted molar refractivity (Wildman–Crippen MR) is 146 cm³/mol. The molecule has 0 unspecified atom stereocenters. The van der Waals surface area contributed by atoms with Gasteiger partial charge in [-0.3, -0.25) is 14.2 Å². The maximum Gasteiger partial charge on any atom is 0.294 e. The molecular weight excluding hydrogens is 480 g/mol. The highest BCUT2D eigenvalue weighted by molar-refractivity contribution is 5.81. The molecular formula is C29H30N6O3. The van der Waals surface area contributed by atoms with Crippen LogP contribution in [0.15, 0.2) is 83.8 Å². The van der Waals surface area contributed by atoms with Crippen LogP contribution in [0.3, 0.4) is 0 Å². The van der Waals surface area contributed by atoms with E-state index in [-0.39, 0.29) is 30.6 Å². The number of nitrogens with zero attached hydrogens (tertiary/aromatic N) is 3. The number of nitrogens with two attached hydrogens (primary N) is 1. The van der Waals surface area contributed by atoms with E-state index in [0.717, 1.165) is 22.4 Å². The molecule has 0 radical (unpaired) electrons. The quantitative estimate of drug-likeness (QED) is 0.286. The minimum atomic E-state index is -0.957. The third-order valence-electron chi connectivity index (χ3n) is 6.98. The largest absolute Gasteiger partial charge is 0.387 e. The molecule has 4 aromatic rings. The number of anilines is 2. The monoisotopic (exact) mass is 510 g/mol. The number of hydrogen-bond acceptors (Lipinski definition) is 7. The molecule has 0 saturated carbocycles. The van der Waals surface area contributed by atoms with Gasteiger partial charge in [-0.05, 0) is 29.7 Å². The van der Waals surface area contributed by atoms with Crippen molar-refractivity contribution in [2.45, 2.75) is 38.0 Å². The molecule has 0 aliphatic carbocycles. The number of amides is 1. The molecule has 1 aliphatic heterocycles. The fourth-order valence-electron chi connectivity index (χ4n) is 4.92. The summed E-state index contributed by atoms with van der Waals surface area (Å²) in [6, 6.07) is 22.7. The van der Waals surface area contributed by atoms with Crippen molar-refractivity contribution in [2.75, 3.05) is 17.6 Å². The van der Waals surface area contributed by atoms with E-state index in [1.54, 1.807) is 6.07 Å². The molecule has 1 aliphatic rings. The van der Waals surface area contributed by atoms with E-state index in [4.69, 9.17) is 5.73 Å². The molecule has 2 atom stereocenters. The van der Waals surface area contributed by atoms with Crippen molar-refractivity contribution in [1.82, 2.24) is 19.9 Å². The molecule has 9 heteroatoms. The first kappa shape index (κ1) is 25.2. The van der Waals surface area contributed by atoms with Gasteiger partial charge < -0.3 is 21.5 Å². The molecule has 9 nitrogen and oxygen atoms in total. The minimum absolute atomic E-state index is 0.0155. The van der Waals surface area contributed by atoms with E-state index in [1.165, 1.54) is 10.8 Å². The van der Waals surface area contributed by atoms with Gasteiger partial charge in [-0.1, -0.05) is 66.7 Å². The number of aromatic nitrogens is 3. The lowest BCUT2D eigenvalue weighted by Crippen LogP contribution is -2.36. The number of carbonyl (C=O) groups excluding carboxylic acids is 1. The average Bonchev–Trinajstić information content (AvgIpc) is 3.27. The van der Waals surface area contributed by atoms with Crippen LogP contribution in [0.25, 0.3) is 0 Å². The van der Waals surface area contributed by atoms with Gasteiger partial charge in [0.25, 0.3) is 5.56 Å². The maximum atomic E-state index is 13.5. The summed E-state index contributed by atoms with van der Waals surface area (Å²) in [6.45, 7) is 2.48. The molecule has 194 valence electrons. The molecule has 0 spiro atoms. The second-order valence-electron chi connectivity index (χ2n) is 9.43. The number of carbonyl (C=O) groups is 1. The van der Waals surface area contributed by atoms with Gasteiger partial charge in [0.1, 0.15) is 11.9 Å². The fourth-order valence-corrected chi connectivity index (χ4v) is 4.92. The van der Waals surface area contributed by atoms with Crippen LogP contribution >= 0.6 is 0 Å². The van der Waals surface area contributed by atoms with E-state index in [2.05, 4.69) is 44.9 Å². The average molecular weight is 511 g/mol. The molecule has 5 N–H and O–H groups in total. The van der Waals surface area contributed by atoms with E-state index in [9.17, 15) is 14.7 Å². The zero-order valence-corrected chi connectivity index (χ0v) is 21.0. The Bertz CT molecular complexity index is 1450. The van der Waals surface area contributed by atoms with Crippen LogP contribution < -0.4 is 21.9 Å². The topological polar surface area (TPSA) is 135 Å². The van der Waals surface area contributed by atoms with Gasteiger partial charge >= 0.3 is 0 Å². The van der Waals surface area contributed by atoms with Gasteiger partial charge in [0.15, 0.2) is 5.82 Å². The molecule has 38 heavy (non-hydrogen) atoms. The van der Waals surface area contributed by atoms with Crippen molar-refractivity contribution in [3.8, 4) is 0 Å². The second kappa shape index (κ2) is 10.9. The number of nitrogens with one attached hydrogen (secondary N) is 2. The number of fused-ring (bicyclic) bond motifs is 1. The van der Waals surface area contributed by atoms with Crippen LogP contribution in [0.4, 0.5) is 11.6 Å². The molecule has 3 heterocycles. The standard InChI is InChI=1S/C29H30N6O3/c1-18-21(12-13-26(30)34-18)15-33-28(37)23-14-25(36)24-17-32-27(29(38)35(23)24)31-16-22(19-8-4-2-5-9-19)20-10-6-3-7-11-20/h2-13,17,22-23,25,36H,14-16H2,1H3,(H2,30,34)(H,31,32)(H,33,37)/t23-,25+/m0/s1. The normalized spacial score (nSPS) is 16.3. The number of pyridine rings is 1. The molecule has 2 aromatic carbocycles. The van der Waals surface area contributed by atoms with Crippen LogP contribution in [-0.2, 0) is 11.3 Å². The number of aryl methyl sites for hydroxylation is 1. The first-order valence-electron chi connectivity index (χ1n) is 12.6. The van der Waals surface area contributed by atoms with Crippen molar-refractivity contribution < 1.29 is 9.90 Å². The van der Waals surface area contributed by atoms with Gasteiger partial charge in [-0.15, -0.1) is 0 Å². The Morgan fingerprint density at radius 2 is 1.74 bits per heavy atom. The molecule has 5 rings (SSSR count). The maximum absolute atomic E-state index is 13.5. The Morgan fingerprint density at radius 1 is 1.08 bits per heavy atom. The zero-order chi connectivity index (χ0) is 26.6. The van der Waals surface area contributed by atoms with Crippen molar-refractivity contribution >= 4 is 17.5 Å². The Labute approximate surface area is 220 Å². The van der Waals surface area contributed by atoms with Gasteiger partial charge in [0, 0.05) is 31.1 Å². The summed E-state index contributed by atoms with van der Waals surface area (Å²) in [6.07, 6.45) is 0.610. The second-order valence-corrected chi connectivity index (χ2v) is 9.43. The molecule has 0 fully saturated rings.